The first-order chi connectivity index (χ1) is 13.2. The van der Waals surface area contributed by atoms with Gasteiger partial charge in [-0.15, -0.1) is 0 Å². The third-order valence-electron chi connectivity index (χ3n) is 3.70. The molecule has 0 aliphatic heterocycles. The lowest BCUT2D eigenvalue weighted by atomic mass is 10.0. The van der Waals surface area contributed by atoms with Gasteiger partial charge in [0.2, 0.25) is 11.0 Å². The fraction of sp³-hybridized carbons (Fsp3) is 0.211. The maximum absolute atomic E-state index is 14.0. The van der Waals surface area contributed by atoms with Crippen molar-refractivity contribution >= 4 is 28.8 Å². The molecule has 28 heavy (non-hydrogen) atoms. The van der Waals surface area contributed by atoms with Crippen LogP contribution in [-0.4, -0.2) is 41.0 Å². The first kappa shape index (κ1) is 21.4. The molecule has 2 rings (SSSR count). The highest BCUT2D eigenvalue weighted by molar-refractivity contribution is 8.14. The highest BCUT2D eigenvalue weighted by Gasteiger charge is 2.23. The van der Waals surface area contributed by atoms with Gasteiger partial charge in [0, 0.05) is 24.3 Å². The molecule has 6 nitrogen and oxygen atoms in total. The number of phenolic OH excluding ortho intramolecular Hbond substituents is 1. The molecule has 0 aromatic heterocycles. The molecule has 0 fully saturated rings. The van der Waals surface area contributed by atoms with Crippen molar-refractivity contribution in [2.75, 3.05) is 12.9 Å². The highest BCUT2D eigenvalue weighted by Crippen LogP contribution is 2.30. The van der Waals surface area contributed by atoms with Crippen LogP contribution in [0.2, 0.25) is 0 Å². The van der Waals surface area contributed by atoms with Gasteiger partial charge in [0.15, 0.2) is 0 Å². The summed E-state index contributed by atoms with van der Waals surface area (Å²) in [5, 5.41) is 11.8. The number of hydrogen-bond donors (Lipinski definition) is 2. The molecule has 2 N–H and O–H groups in total. The summed E-state index contributed by atoms with van der Waals surface area (Å²) >= 11 is 0.680. The van der Waals surface area contributed by atoms with Crippen LogP contribution in [0.3, 0.4) is 0 Å². The van der Waals surface area contributed by atoms with Crippen molar-refractivity contribution < 1.29 is 33.0 Å². The zero-order valence-electron chi connectivity index (χ0n) is 15.0. The van der Waals surface area contributed by atoms with Crippen LogP contribution >= 0.6 is 11.8 Å². The summed E-state index contributed by atoms with van der Waals surface area (Å²) < 4.78 is 31.7. The van der Waals surface area contributed by atoms with Crippen LogP contribution in [0, 0.1) is 11.6 Å². The van der Waals surface area contributed by atoms with Gasteiger partial charge in [0.05, 0.1) is 12.7 Å². The Morgan fingerprint density at radius 3 is 2.50 bits per heavy atom. The maximum Gasteiger partial charge on any atom is 0.329 e. The molecule has 0 saturated heterocycles. The van der Waals surface area contributed by atoms with E-state index in [-0.39, 0.29) is 28.2 Å². The molecule has 0 unspecified atom stereocenters. The lowest BCUT2D eigenvalue weighted by molar-refractivity contribution is -0.144. The van der Waals surface area contributed by atoms with Gasteiger partial charge >= 0.3 is 5.97 Å². The Hall–Kier alpha value is -2.94. The molecule has 0 heterocycles. The minimum atomic E-state index is -1.05. The van der Waals surface area contributed by atoms with E-state index < -0.39 is 34.7 Å². The zero-order valence-corrected chi connectivity index (χ0v) is 15.8. The summed E-state index contributed by atoms with van der Waals surface area (Å²) in [6.45, 7) is 1.22. The number of nitrogens with one attached hydrogen (secondary N) is 1. The minimum Gasteiger partial charge on any atom is -0.507 e. The van der Waals surface area contributed by atoms with Crippen molar-refractivity contribution in [3.63, 3.8) is 0 Å². The van der Waals surface area contributed by atoms with Crippen LogP contribution in [0.15, 0.2) is 36.4 Å². The molecule has 0 radical (unpaired) electrons. The number of carbonyl (C=O) groups excluding carboxylic acids is 3. The number of rotatable bonds is 6. The molecule has 0 spiro atoms. The van der Waals surface area contributed by atoms with Crippen LogP contribution in [0.1, 0.15) is 17.3 Å². The second-order valence-corrected chi connectivity index (χ2v) is 6.72. The number of carbonyl (C=O) groups is 3. The number of amides is 1. The van der Waals surface area contributed by atoms with E-state index in [0.717, 1.165) is 13.2 Å². The van der Waals surface area contributed by atoms with E-state index in [1.807, 2.05) is 0 Å². The van der Waals surface area contributed by atoms with Crippen molar-refractivity contribution in [2.45, 2.75) is 13.0 Å². The normalized spacial score (nSPS) is 11.6. The SMILES string of the molecule is COC(=O)[C@H](CSC(=O)c1cc(-c2ccc(F)cc2F)ccc1O)NC(C)=O. The largest absolute Gasteiger partial charge is 0.507 e. The number of aromatic hydroxyl groups is 1. The Bertz CT molecular complexity index is 919. The molecule has 0 bridgehead atoms. The fourth-order valence-electron chi connectivity index (χ4n) is 2.38. The molecule has 2 aromatic rings. The summed E-state index contributed by atoms with van der Waals surface area (Å²) in [6.07, 6.45) is 0. The van der Waals surface area contributed by atoms with Gasteiger partial charge in [0.25, 0.3) is 0 Å². The average molecular weight is 409 g/mol. The first-order valence-corrected chi connectivity index (χ1v) is 9.02. The van der Waals surface area contributed by atoms with E-state index in [1.165, 1.54) is 31.2 Å². The molecule has 1 atom stereocenters. The third kappa shape index (κ3) is 5.29. The Balaban J connectivity index is 2.23. The molecule has 0 aliphatic rings. The smallest absolute Gasteiger partial charge is 0.329 e. The van der Waals surface area contributed by atoms with Crippen LogP contribution in [0.4, 0.5) is 8.78 Å². The Labute approximate surface area is 163 Å². The van der Waals surface area contributed by atoms with Crippen molar-refractivity contribution in [1.29, 1.82) is 0 Å². The topological polar surface area (TPSA) is 92.7 Å². The Kier molecular flexibility index (Phi) is 7.11. The minimum absolute atomic E-state index is 0.0612. The number of halogens is 2. The maximum atomic E-state index is 14.0. The van der Waals surface area contributed by atoms with Crippen molar-refractivity contribution in [3.8, 4) is 16.9 Å². The van der Waals surface area contributed by atoms with Crippen molar-refractivity contribution in [3.05, 3.63) is 53.6 Å². The summed E-state index contributed by atoms with van der Waals surface area (Å²) in [6, 6.07) is 5.85. The van der Waals surface area contributed by atoms with Crippen LogP contribution in [0.25, 0.3) is 11.1 Å². The fourth-order valence-corrected chi connectivity index (χ4v) is 3.24. The van der Waals surface area contributed by atoms with E-state index >= 15 is 0 Å². The quantitative estimate of drug-likeness (QED) is 0.713. The number of thioether (sulfide) groups is 1. The second-order valence-electron chi connectivity index (χ2n) is 5.73. The summed E-state index contributed by atoms with van der Waals surface area (Å²) in [5.41, 5.74) is 0.217. The predicted molar refractivity (Wildman–Crippen MR) is 99.9 cm³/mol. The van der Waals surface area contributed by atoms with E-state index in [2.05, 4.69) is 10.1 Å². The molecule has 1 amide bonds. The number of hydrogen-bond acceptors (Lipinski definition) is 6. The Morgan fingerprint density at radius 1 is 1.18 bits per heavy atom. The van der Waals surface area contributed by atoms with Gasteiger partial charge < -0.3 is 15.2 Å². The highest BCUT2D eigenvalue weighted by atomic mass is 32.2. The molecule has 2 aromatic carbocycles. The van der Waals surface area contributed by atoms with Gasteiger partial charge in [-0.25, -0.2) is 13.6 Å². The molecule has 0 saturated carbocycles. The van der Waals surface area contributed by atoms with Gasteiger partial charge in [-0.05, 0) is 29.8 Å². The number of esters is 1. The summed E-state index contributed by atoms with van der Waals surface area (Å²) in [7, 11) is 1.15. The number of methoxy groups -OCH3 is 1. The van der Waals surface area contributed by atoms with E-state index in [1.54, 1.807) is 0 Å². The lowest BCUT2D eigenvalue weighted by Gasteiger charge is -2.15. The molecular weight excluding hydrogens is 392 g/mol. The van der Waals surface area contributed by atoms with Crippen LogP contribution < -0.4 is 5.32 Å². The van der Waals surface area contributed by atoms with Crippen LogP contribution in [0.5, 0.6) is 5.75 Å². The standard InChI is InChI=1S/C19H17F2NO5S/c1-10(23)22-16(18(25)27-2)9-28-19(26)14-7-11(3-6-17(14)24)13-5-4-12(20)8-15(13)21/h3-8,16,24H,9H2,1-2H3,(H,22,23)/t16-/m0/s1. The summed E-state index contributed by atoms with van der Waals surface area (Å²) in [4.78, 5) is 35.3. The zero-order chi connectivity index (χ0) is 20.8. The molecular formula is C19H17F2NO5S. The van der Waals surface area contributed by atoms with Gasteiger partial charge in [-0.2, -0.15) is 0 Å². The number of ether oxygens (including phenoxy) is 1. The van der Waals surface area contributed by atoms with Gasteiger partial charge in [-0.3, -0.25) is 9.59 Å². The second kappa shape index (κ2) is 9.32. The van der Waals surface area contributed by atoms with E-state index in [0.29, 0.717) is 17.8 Å². The number of benzene rings is 2. The monoisotopic (exact) mass is 409 g/mol. The molecule has 0 aliphatic carbocycles. The lowest BCUT2D eigenvalue weighted by Crippen LogP contribution is -2.42. The van der Waals surface area contributed by atoms with E-state index in [4.69, 9.17) is 0 Å². The number of phenols is 1. The van der Waals surface area contributed by atoms with Gasteiger partial charge in [0.1, 0.15) is 23.4 Å². The average Bonchev–Trinajstić information content (AvgIpc) is 2.64. The first-order valence-electron chi connectivity index (χ1n) is 8.03. The van der Waals surface area contributed by atoms with E-state index in [9.17, 15) is 28.3 Å². The van der Waals surface area contributed by atoms with Crippen molar-refractivity contribution in [2.24, 2.45) is 0 Å². The predicted octanol–water partition coefficient (Wildman–Crippen LogP) is 2.89. The molecule has 9 heteroatoms. The molecule has 148 valence electrons. The van der Waals surface area contributed by atoms with Crippen LogP contribution in [-0.2, 0) is 14.3 Å². The van der Waals surface area contributed by atoms with Crippen molar-refractivity contribution in [1.82, 2.24) is 5.32 Å². The third-order valence-corrected chi connectivity index (χ3v) is 4.68. The van der Waals surface area contributed by atoms with Gasteiger partial charge in [-0.1, -0.05) is 17.8 Å². The summed E-state index contributed by atoms with van der Waals surface area (Å²) in [5.74, 6) is -3.20. The Morgan fingerprint density at radius 2 is 1.89 bits per heavy atom.